The molecule has 4 heteroatoms. The standard InChI is InChI=1S/C16H15BrFNO/c17-13-5-6-15(18)12(7-13)8-19-16-10-20-9-11-3-1-2-4-14(11)16/h1-7,16,19H,8-10H2. The third-order valence-corrected chi connectivity index (χ3v) is 4.01. The number of nitrogens with one attached hydrogen (secondary N) is 1. The number of hydrogen-bond acceptors (Lipinski definition) is 2. The van der Waals surface area contributed by atoms with E-state index in [1.54, 1.807) is 12.1 Å². The van der Waals surface area contributed by atoms with Crippen LogP contribution in [0.3, 0.4) is 0 Å². The summed E-state index contributed by atoms with van der Waals surface area (Å²) in [5.41, 5.74) is 3.10. The van der Waals surface area contributed by atoms with Crippen LogP contribution >= 0.6 is 15.9 Å². The Labute approximate surface area is 126 Å². The molecule has 0 saturated heterocycles. The number of benzene rings is 2. The molecule has 0 amide bonds. The Morgan fingerprint density at radius 1 is 1.25 bits per heavy atom. The van der Waals surface area contributed by atoms with Gasteiger partial charge in [-0.05, 0) is 29.3 Å². The Kier molecular flexibility index (Phi) is 4.15. The van der Waals surface area contributed by atoms with Gasteiger partial charge in [-0.15, -0.1) is 0 Å². The van der Waals surface area contributed by atoms with Gasteiger partial charge < -0.3 is 10.1 Å². The molecule has 20 heavy (non-hydrogen) atoms. The molecule has 1 atom stereocenters. The van der Waals surface area contributed by atoms with Crippen LogP contribution in [0.15, 0.2) is 46.9 Å². The SMILES string of the molecule is Fc1ccc(Br)cc1CNC1COCc2ccccc21. The van der Waals surface area contributed by atoms with E-state index in [-0.39, 0.29) is 11.9 Å². The van der Waals surface area contributed by atoms with Crippen LogP contribution in [-0.4, -0.2) is 6.61 Å². The number of ether oxygens (including phenoxy) is 1. The summed E-state index contributed by atoms with van der Waals surface area (Å²) in [4.78, 5) is 0. The Balaban J connectivity index is 1.75. The molecule has 3 rings (SSSR count). The van der Waals surface area contributed by atoms with Crippen molar-refractivity contribution >= 4 is 15.9 Å². The van der Waals surface area contributed by atoms with Gasteiger partial charge in [0.05, 0.1) is 19.3 Å². The van der Waals surface area contributed by atoms with Gasteiger partial charge in [-0.3, -0.25) is 0 Å². The van der Waals surface area contributed by atoms with Crippen LogP contribution in [0.1, 0.15) is 22.7 Å². The molecule has 1 heterocycles. The number of hydrogen-bond donors (Lipinski definition) is 1. The molecular formula is C16H15BrFNO. The Morgan fingerprint density at radius 3 is 3.00 bits per heavy atom. The average molecular weight is 336 g/mol. The lowest BCUT2D eigenvalue weighted by atomic mass is 9.99. The van der Waals surface area contributed by atoms with Gasteiger partial charge in [0.15, 0.2) is 0 Å². The molecule has 104 valence electrons. The van der Waals surface area contributed by atoms with Gasteiger partial charge in [0.2, 0.25) is 0 Å². The summed E-state index contributed by atoms with van der Waals surface area (Å²) in [6.07, 6.45) is 0. The van der Waals surface area contributed by atoms with Crippen LogP contribution in [0.4, 0.5) is 4.39 Å². The summed E-state index contributed by atoms with van der Waals surface area (Å²) in [7, 11) is 0. The first-order valence-corrected chi connectivity index (χ1v) is 7.36. The topological polar surface area (TPSA) is 21.3 Å². The highest BCUT2D eigenvalue weighted by molar-refractivity contribution is 9.10. The average Bonchev–Trinajstić information content (AvgIpc) is 2.48. The van der Waals surface area contributed by atoms with Crippen molar-refractivity contribution < 1.29 is 9.13 Å². The Hall–Kier alpha value is -1.23. The smallest absolute Gasteiger partial charge is 0.127 e. The van der Waals surface area contributed by atoms with E-state index in [0.717, 1.165) is 4.47 Å². The van der Waals surface area contributed by atoms with Crippen molar-refractivity contribution in [2.75, 3.05) is 6.61 Å². The van der Waals surface area contributed by atoms with Gasteiger partial charge >= 0.3 is 0 Å². The first-order valence-electron chi connectivity index (χ1n) is 6.57. The normalized spacial score (nSPS) is 17.8. The number of halogens is 2. The second-order valence-electron chi connectivity index (χ2n) is 4.88. The molecule has 0 saturated carbocycles. The third-order valence-electron chi connectivity index (χ3n) is 3.52. The summed E-state index contributed by atoms with van der Waals surface area (Å²) in [5, 5.41) is 3.38. The van der Waals surface area contributed by atoms with Crippen molar-refractivity contribution in [3.63, 3.8) is 0 Å². The van der Waals surface area contributed by atoms with E-state index < -0.39 is 0 Å². The van der Waals surface area contributed by atoms with Gasteiger partial charge in [0.1, 0.15) is 5.82 Å². The zero-order valence-electron chi connectivity index (χ0n) is 10.9. The molecule has 0 radical (unpaired) electrons. The van der Waals surface area contributed by atoms with Gasteiger partial charge in [-0.25, -0.2) is 4.39 Å². The highest BCUT2D eigenvalue weighted by Gasteiger charge is 2.20. The number of fused-ring (bicyclic) bond motifs is 1. The van der Waals surface area contributed by atoms with Crippen LogP contribution in [0.2, 0.25) is 0 Å². The first kappa shape index (κ1) is 13.7. The molecule has 0 spiro atoms. The maximum Gasteiger partial charge on any atom is 0.127 e. The summed E-state index contributed by atoms with van der Waals surface area (Å²) in [6.45, 7) is 1.75. The molecule has 0 aromatic heterocycles. The van der Waals surface area contributed by atoms with E-state index in [4.69, 9.17) is 4.74 Å². The fraction of sp³-hybridized carbons (Fsp3) is 0.250. The van der Waals surface area contributed by atoms with E-state index in [1.165, 1.54) is 17.2 Å². The Bertz CT molecular complexity index is 617. The molecule has 0 fully saturated rings. The lowest BCUT2D eigenvalue weighted by Crippen LogP contribution is -2.29. The highest BCUT2D eigenvalue weighted by Crippen LogP contribution is 2.25. The van der Waals surface area contributed by atoms with Gasteiger partial charge in [-0.1, -0.05) is 40.2 Å². The maximum atomic E-state index is 13.7. The second-order valence-corrected chi connectivity index (χ2v) is 5.80. The molecule has 2 nitrogen and oxygen atoms in total. The zero-order chi connectivity index (χ0) is 13.9. The van der Waals surface area contributed by atoms with Crippen molar-refractivity contribution in [2.24, 2.45) is 0 Å². The van der Waals surface area contributed by atoms with Crippen molar-refractivity contribution in [2.45, 2.75) is 19.2 Å². The van der Waals surface area contributed by atoms with E-state index in [1.807, 2.05) is 12.1 Å². The second kappa shape index (κ2) is 6.04. The lowest BCUT2D eigenvalue weighted by Gasteiger charge is -2.26. The third kappa shape index (κ3) is 2.92. The van der Waals surface area contributed by atoms with E-state index in [9.17, 15) is 4.39 Å². The molecule has 2 aromatic carbocycles. The van der Waals surface area contributed by atoms with Crippen LogP contribution in [-0.2, 0) is 17.9 Å². The highest BCUT2D eigenvalue weighted by atomic mass is 79.9. The molecule has 1 aliphatic heterocycles. The Morgan fingerprint density at radius 2 is 2.10 bits per heavy atom. The monoisotopic (exact) mass is 335 g/mol. The molecule has 1 N–H and O–H groups in total. The quantitative estimate of drug-likeness (QED) is 0.916. The predicted molar refractivity (Wildman–Crippen MR) is 79.8 cm³/mol. The summed E-state index contributed by atoms with van der Waals surface area (Å²) < 4.78 is 20.2. The summed E-state index contributed by atoms with van der Waals surface area (Å²) in [6, 6.07) is 13.3. The summed E-state index contributed by atoms with van der Waals surface area (Å²) >= 11 is 3.37. The molecule has 1 unspecified atom stereocenters. The zero-order valence-corrected chi connectivity index (χ0v) is 12.5. The first-order chi connectivity index (χ1) is 9.74. The van der Waals surface area contributed by atoms with Crippen LogP contribution < -0.4 is 5.32 Å². The van der Waals surface area contributed by atoms with Gasteiger partial charge in [0, 0.05) is 16.6 Å². The van der Waals surface area contributed by atoms with Crippen molar-refractivity contribution in [1.82, 2.24) is 5.32 Å². The van der Waals surface area contributed by atoms with Crippen LogP contribution in [0.25, 0.3) is 0 Å². The fourth-order valence-corrected chi connectivity index (χ4v) is 2.87. The predicted octanol–water partition coefficient (Wildman–Crippen LogP) is 3.95. The van der Waals surface area contributed by atoms with E-state index in [2.05, 4.69) is 33.4 Å². The molecule has 2 aromatic rings. The molecule has 1 aliphatic rings. The maximum absolute atomic E-state index is 13.7. The van der Waals surface area contributed by atoms with Crippen molar-refractivity contribution in [3.05, 3.63) is 69.4 Å². The van der Waals surface area contributed by atoms with Gasteiger partial charge in [0.25, 0.3) is 0 Å². The van der Waals surface area contributed by atoms with Crippen LogP contribution in [0, 0.1) is 5.82 Å². The lowest BCUT2D eigenvalue weighted by molar-refractivity contribution is 0.0816. The largest absolute Gasteiger partial charge is 0.375 e. The fourth-order valence-electron chi connectivity index (χ4n) is 2.46. The molecule has 0 bridgehead atoms. The van der Waals surface area contributed by atoms with Crippen LogP contribution in [0.5, 0.6) is 0 Å². The minimum atomic E-state index is -0.189. The number of rotatable bonds is 3. The molecule has 0 aliphatic carbocycles. The van der Waals surface area contributed by atoms with Crippen molar-refractivity contribution in [1.29, 1.82) is 0 Å². The van der Waals surface area contributed by atoms with E-state index in [0.29, 0.717) is 25.3 Å². The van der Waals surface area contributed by atoms with E-state index >= 15 is 0 Å². The minimum absolute atomic E-state index is 0.110. The molecular weight excluding hydrogens is 321 g/mol. The summed E-state index contributed by atoms with van der Waals surface area (Å²) in [5.74, 6) is -0.189. The van der Waals surface area contributed by atoms with Crippen molar-refractivity contribution in [3.8, 4) is 0 Å². The minimum Gasteiger partial charge on any atom is -0.375 e. The van der Waals surface area contributed by atoms with Gasteiger partial charge in [-0.2, -0.15) is 0 Å².